The van der Waals surface area contributed by atoms with Gasteiger partial charge in [0.2, 0.25) is 5.91 Å². The molecule has 6 nitrogen and oxygen atoms in total. The van der Waals surface area contributed by atoms with Crippen LogP contribution in [0.3, 0.4) is 0 Å². The van der Waals surface area contributed by atoms with Crippen molar-refractivity contribution in [2.24, 2.45) is 5.92 Å². The molecule has 0 radical (unpaired) electrons. The fourth-order valence-corrected chi connectivity index (χ4v) is 4.85. The highest BCUT2D eigenvalue weighted by atomic mass is 32.2. The Hall–Kier alpha value is -2.80. The Morgan fingerprint density at radius 2 is 1.72 bits per heavy atom. The third kappa shape index (κ3) is 4.83. The molecule has 2 aromatic carbocycles. The van der Waals surface area contributed by atoms with E-state index in [0.29, 0.717) is 11.1 Å². The number of thioether (sulfide) groups is 1. The molecule has 1 unspecified atom stereocenters. The predicted molar refractivity (Wildman–Crippen MR) is 128 cm³/mol. The smallest absolute Gasteiger partial charge is 0.235 e. The maximum absolute atomic E-state index is 13.1. The molecule has 1 aromatic heterocycles. The maximum atomic E-state index is 13.1. The van der Waals surface area contributed by atoms with Gasteiger partial charge in [0.25, 0.3) is 0 Å². The van der Waals surface area contributed by atoms with Crippen LogP contribution in [0.2, 0.25) is 0 Å². The van der Waals surface area contributed by atoms with Gasteiger partial charge in [-0.05, 0) is 69.0 Å². The lowest BCUT2D eigenvalue weighted by atomic mass is 9.99. The molecule has 1 atom stereocenters. The number of hydrogen-bond acceptors (Lipinski definition) is 5. The van der Waals surface area contributed by atoms with Gasteiger partial charge in [-0.25, -0.2) is 0 Å². The van der Waals surface area contributed by atoms with Gasteiger partial charge in [-0.1, -0.05) is 36.4 Å². The molecule has 2 heterocycles. The van der Waals surface area contributed by atoms with Gasteiger partial charge >= 0.3 is 0 Å². The molecule has 0 saturated carbocycles. The second-order valence-electron chi connectivity index (χ2n) is 8.47. The van der Waals surface area contributed by atoms with Crippen LogP contribution < -0.4 is 4.74 Å². The van der Waals surface area contributed by atoms with Gasteiger partial charge in [-0.3, -0.25) is 9.36 Å². The molecule has 0 spiro atoms. The number of methoxy groups -OCH3 is 1. The predicted octanol–water partition coefficient (Wildman–Crippen LogP) is 4.99. The van der Waals surface area contributed by atoms with E-state index >= 15 is 0 Å². The van der Waals surface area contributed by atoms with Crippen LogP contribution in [0.5, 0.6) is 5.75 Å². The number of ether oxygens (including phenoxy) is 1. The molecule has 0 N–H and O–H groups in total. The first-order valence-electron chi connectivity index (χ1n) is 11.1. The number of amides is 1. The number of carbonyl (C=O) groups is 1. The Labute approximate surface area is 194 Å². The molecule has 1 amide bonds. The van der Waals surface area contributed by atoms with Gasteiger partial charge in [0.1, 0.15) is 5.75 Å². The molecule has 7 heteroatoms. The van der Waals surface area contributed by atoms with E-state index < -0.39 is 0 Å². The highest BCUT2D eigenvalue weighted by Gasteiger charge is 2.27. The van der Waals surface area contributed by atoms with Crippen LogP contribution in [-0.2, 0) is 4.79 Å². The van der Waals surface area contributed by atoms with Crippen molar-refractivity contribution in [3.05, 3.63) is 54.1 Å². The zero-order chi connectivity index (χ0) is 22.7. The lowest BCUT2D eigenvalue weighted by Gasteiger charge is -2.32. The molecule has 168 valence electrons. The minimum Gasteiger partial charge on any atom is -0.497 e. The molecule has 1 aliphatic rings. The Kier molecular flexibility index (Phi) is 6.84. The van der Waals surface area contributed by atoms with Gasteiger partial charge in [-0.2, -0.15) is 0 Å². The number of aryl methyl sites for hydroxylation is 1. The van der Waals surface area contributed by atoms with E-state index in [4.69, 9.17) is 4.74 Å². The normalized spacial score (nSPS) is 15.6. The molecule has 0 bridgehead atoms. The zero-order valence-electron chi connectivity index (χ0n) is 19.1. The highest BCUT2D eigenvalue weighted by molar-refractivity contribution is 8.00. The van der Waals surface area contributed by atoms with Crippen molar-refractivity contribution in [1.29, 1.82) is 0 Å². The molecule has 3 aromatic rings. The van der Waals surface area contributed by atoms with Crippen LogP contribution in [0.1, 0.15) is 32.3 Å². The Balaban J connectivity index is 1.64. The summed E-state index contributed by atoms with van der Waals surface area (Å²) in [5.74, 6) is 2.40. The summed E-state index contributed by atoms with van der Waals surface area (Å²) >= 11 is 1.47. The van der Waals surface area contributed by atoms with Gasteiger partial charge in [0, 0.05) is 24.3 Å². The summed E-state index contributed by atoms with van der Waals surface area (Å²) in [7, 11) is 1.65. The fraction of sp³-hybridized carbons (Fsp3) is 0.400. The summed E-state index contributed by atoms with van der Waals surface area (Å²) in [6.07, 6.45) is 2.15. The summed E-state index contributed by atoms with van der Waals surface area (Å²) in [5, 5.41) is 9.47. The molecule has 0 aliphatic carbocycles. The number of carbonyl (C=O) groups excluding carboxylic acids is 1. The van der Waals surface area contributed by atoms with E-state index in [9.17, 15) is 4.79 Å². The van der Waals surface area contributed by atoms with Gasteiger partial charge < -0.3 is 9.64 Å². The van der Waals surface area contributed by atoms with Crippen molar-refractivity contribution >= 4 is 17.7 Å². The Morgan fingerprint density at radius 3 is 2.34 bits per heavy atom. The van der Waals surface area contributed by atoms with E-state index in [2.05, 4.69) is 48.3 Å². The number of benzene rings is 2. The minimum atomic E-state index is -0.236. The van der Waals surface area contributed by atoms with Gasteiger partial charge in [0.05, 0.1) is 12.4 Å². The number of hydrogen-bond donors (Lipinski definition) is 0. The zero-order valence-corrected chi connectivity index (χ0v) is 19.9. The molecular weight excluding hydrogens is 420 g/mol. The molecule has 1 aliphatic heterocycles. The molecule has 32 heavy (non-hydrogen) atoms. The topological polar surface area (TPSA) is 60.3 Å². The van der Waals surface area contributed by atoms with Crippen molar-refractivity contribution in [3.63, 3.8) is 0 Å². The third-order valence-corrected chi connectivity index (χ3v) is 7.03. The van der Waals surface area contributed by atoms with E-state index in [0.717, 1.165) is 48.8 Å². The summed E-state index contributed by atoms with van der Waals surface area (Å²) in [5.41, 5.74) is 3.10. The molecule has 4 rings (SSSR count). The van der Waals surface area contributed by atoms with Crippen molar-refractivity contribution < 1.29 is 9.53 Å². The van der Waals surface area contributed by atoms with E-state index in [1.54, 1.807) is 7.11 Å². The lowest BCUT2D eigenvalue weighted by molar-refractivity contribution is -0.131. The van der Waals surface area contributed by atoms with Crippen LogP contribution >= 0.6 is 11.8 Å². The monoisotopic (exact) mass is 450 g/mol. The molecular formula is C25H30N4O2S. The van der Waals surface area contributed by atoms with Crippen LogP contribution in [0.4, 0.5) is 0 Å². The van der Waals surface area contributed by atoms with Crippen molar-refractivity contribution in [3.8, 4) is 22.8 Å². The molecule has 1 saturated heterocycles. The minimum absolute atomic E-state index is 0.173. The number of piperidine rings is 1. The summed E-state index contributed by atoms with van der Waals surface area (Å²) in [6.45, 7) is 7.96. The standard InChI is InChI=1S/C25H30N4O2S/c1-17-5-9-21(10-6-17)29-23(20-7-11-22(31-4)12-8-20)26-27-25(29)32-19(3)24(30)28-15-13-18(2)14-16-28/h5-12,18-19H,13-16H2,1-4H3. The van der Waals surface area contributed by atoms with E-state index in [1.807, 2.05) is 40.7 Å². The second kappa shape index (κ2) is 9.77. The van der Waals surface area contributed by atoms with Gasteiger partial charge in [-0.15, -0.1) is 10.2 Å². The second-order valence-corrected chi connectivity index (χ2v) is 9.78. The van der Waals surface area contributed by atoms with Gasteiger partial charge in [0.15, 0.2) is 11.0 Å². The van der Waals surface area contributed by atoms with Crippen LogP contribution in [0.25, 0.3) is 17.1 Å². The Bertz CT molecular complexity index is 1050. The third-order valence-electron chi connectivity index (χ3n) is 6.00. The van der Waals surface area contributed by atoms with Crippen molar-refractivity contribution in [1.82, 2.24) is 19.7 Å². The van der Waals surface area contributed by atoms with E-state index in [1.165, 1.54) is 17.3 Å². The van der Waals surface area contributed by atoms with Crippen LogP contribution in [0, 0.1) is 12.8 Å². The summed E-state index contributed by atoms with van der Waals surface area (Å²) < 4.78 is 7.33. The van der Waals surface area contributed by atoms with Crippen molar-refractivity contribution in [2.45, 2.75) is 44.0 Å². The SMILES string of the molecule is COc1ccc(-c2nnc(SC(C)C(=O)N3CCC(C)CC3)n2-c2ccc(C)cc2)cc1. The lowest BCUT2D eigenvalue weighted by Crippen LogP contribution is -2.41. The largest absolute Gasteiger partial charge is 0.497 e. The summed E-state index contributed by atoms with van der Waals surface area (Å²) in [6, 6.07) is 16.1. The van der Waals surface area contributed by atoms with Crippen LogP contribution in [0.15, 0.2) is 53.7 Å². The number of nitrogens with zero attached hydrogens (tertiary/aromatic N) is 4. The highest BCUT2D eigenvalue weighted by Crippen LogP contribution is 2.32. The van der Waals surface area contributed by atoms with E-state index in [-0.39, 0.29) is 11.2 Å². The number of likely N-dealkylation sites (tertiary alicyclic amines) is 1. The first-order chi connectivity index (χ1) is 15.5. The average molecular weight is 451 g/mol. The fourth-order valence-electron chi connectivity index (χ4n) is 3.89. The van der Waals surface area contributed by atoms with Crippen molar-refractivity contribution in [2.75, 3.05) is 20.2 Å². The first kappa shape index (κ1) is 22.4. The first-order valence-corrected chi connectivity index (χ1v) is 12.0. The Morgan fingerprint density at radius 1 is 1.06 bits per heavy atom. The maximum Gasteiger partial charge on any atom is 0.235 e. The van der Waals surface area contributed by atoms with Crippen LogP contribution in [-0.4, -0.2) is 51.0 Å². The number of rotatable bonds is 6. The quantitative estimate of drug-likeness (QED) is 0.495. The number of aromatic nitrogens is 3. The molecule has 1 fully saturated rings. The summed E-state index contributed by atoms with van der Waals surface area (Å²) in [4.78, 5) is 15.1. The average Bonchev–Trinajstić information content (AvgIpc) is 3.23.